The summed E-state index contributed by atoms with van der Waals surface area (Å²) in [5, 5.41) is 8.61. The van der Waals surface area contributed by atoms with Crippen molar-refractivity contribution in [2.75, 3.05) is 19.0 Å². The highest BCUT2D eigenvalue weighted by atomic mass is 15.1. The van der Waals surface area contributed by atoms with E-state index in [2.05, 4.69) is 9.97 Å². The second-order valence-corrected chi connectivity index (χ2v) is 2.27. The second kappa shape index (κ2) is 2.97. The lowest BCUT2D eigenvalue weighted by molar-refractivity contribution is 1.03. The van der Waals surface area contributed by atoms with Crippen molar-refractivity contribution >= 4 is 5.82 Å². The van der Waals surface area contributed by atoms with Crippen LogP contribution in [0, 0.1) is 11.3 Å². The molecule has 1 rings (SSSR count). The SMILES string of the molecule is CN(C)c1ncncc1C#N. The highest BCUT2D eigenvalue weighted by molar-refractivity contribution is 5.50. The number of hydrogen-bond donors (Lipinski definition) is 0. The van der Waals surface area contributed by atoms with Crippen LogP contribution >= 0.6 is 0 Å². The first-order chi connectivity index (χ1) is 5.25. The number of anilines is 1. The Kier molecular flexibility index (Phi) is 2.02. The molecular formula is C7H8N4. The van der Waals surface area contributed by atoms with Crippen LogP contribution in [-0.4, -0.2) is 24.1 Å². The van der Waals surface area contributed by atoms with E-state index < -0.39 is 0 Å². The van der Waals surface area contributed by atoms with Crippen molar-refractivity contribution in [2.45, 2.75) is 0 Å². The van der Waals surface area contributed by atoms with Crippen LogP contribution < -0.4 is 4.90 Å². The number of rotatable bonds is 1. The average Bonchev–Trinajstić information content (AvgIpc) is 2.04. The van der Waals surface area contributed by atoms with Crippen molar-refractivity contribution in [3.05, 3.63) is 18.1 Å². The molecule has 0 aliphatic carbocycles. The molecule has 1 aromatic rings. The molecule has 0 saturated heterocycles. The smallest absolute Gasteiger partial charge is 0.149 e. The van der Waals surface area contributed by atoms with E-state index in [1.54, 1.807) is 4.90 Å². The molecule has 0 aliphatic heterocycles. The zero-order chi connectivity index (χ0) is 8.27. The van der Waals surface area contributed by atoms with Gasteiger partial charge in [0.2, 0.25) is 0 Å². The van der Waals surface area contributed by atoms with Crippen molar-refractivity contribution in [1.82, 2.24) is 9.97 Å². The van der Waals surface area contributed by atoms with Crippen LogP contribution in [0.1, 0.15) is 5.56 Å². The number of nitriles is 1. The van der Waals surface area contributed by atoms with Gasteiger partial charge in [-0.2, -0.15) is 5.26 Å². The zero-order valence-electron chi connectivity index (χ0n) is 6.44. The summed E-state index contributed by atoms with van der Waals surface area (Å²) >= 11 is 0. The molecule has 4 nitrogen and oxygen atoms in total. The van der Waals surface area contributed by atoms with Gasteiger partial charge in [-0.1, -0.05) is 0 Å². The van der Waals surface area contributed by atoms with Crippen LogP contribution in [0.15, 0.2) is 12.5 Å². The highest BCUT2D eigenvalue weighted by Crippen LogP contribution is 2.10. The van der Waals surface area contributed by atoms with Crippen molar-refractivity contribution in [3.8, 4) is 6.07 Å². The fourth-order valence-corrected chi connectivity index (χ4v) is 0.758. The average molecular weight is 148 g/mol. The van der Waals surface area contributed by atoms with Gasteiger partial charge in [0.05, 0.1) is 6.20 Å². The number of nitrogens with zero attached hydrogens (tertiary/aromatic N) is 4. The molecule has 0 N–H and O–H groups in total. The molecule has 1 aromatic heterocycles. The summed E-state index contributed by atoms with van der Waals surface area (Å²) in [5.74, 6) is 0.655. The van der Waals surface area contributed by atoms with Gasteiger partial charge in [0.25, 0.3) is 0 Å². The Labute approximate surface area is 65.1 Å². The summed E-state index contributed by atoms with van der Waals surface area (Å²) < 4.78 is 0. The summed E-state index contributed by atoms with van der Waals surface area (Å²) in [4.78, 5) is 9.46. The fourth-order valence-electron chi connectivity index (χ4n) is 0.758. The van der Waals surface area contributed by atoms with Crippen molar-refractivity contribution in [2.24, 2.45) is 0 Å². The second-order valence-electron chi connectivity index (χ2n) is 2.27. The van der Waals surface area contributed by atoms with E-state index in [0.29, 0.717) is 11.4 Å². The first-order valence-electron chi connectivity index (χ1n) is 3.13. The topological polar surface area (TPSA) is 52.8 Å². The fraction of sp³-hybridized carbons (Fsp3) is 0.286. The molecule has 0 aromatic carbocycles. The Hall–Kier alpha value is -1.63. The normalized spacial score (nSPS) is 8.82. The molecule has 0 spiro atoms. The van der Waals surface area contributed by atoms with Crippen LogP contribution in [-0.2, 0) is 0 Å². The van der Waals surface area contributed by atoms with Crippen molar-refractivity contribution < 1.29 is 0 Å². The molecule has 11 heavy (non-hydrogen) atoms. The minimum absolute atomic E-state index is 0.498. The molecule has 0 fully saturated rings. The van der Waals surface area contributed by atoms with E-state index in [9.17, 15) is 0 Å². The first-order valence-corrected chi connectivity index (χ1v) is 3.13. The molecule has 0 radical (unpaired) electrons. The van der Waals surface area contributed by atoms with Crippen molar-refractivity contribution in [1.29, 1.82) is 5.26 Å². The minimum atomic E-state index is 0.498. The molecule has 0 atom stereocenters. The summed E-state index contributed by atoms with van der Waals surface area (Å²) in [7, 11) is 3.67. The predicted molar refractivity (Wildman–Crippen MR) is 41.1 cm³/mol. The third-order valence-electron chi connectivity index (χ3n) is 1.24. The summed E-state index contributed by atoms with van der Waals surface area (Å²) in [6, 6.07) is 2.01. The third kappa shape index (κ3) is 1.44. The largest absolute Gasteiger partial charge is 0.362 e. The summed E-state index contributed by atoms with van der Waals surface area (Å²) in [6.07, 6.45) is 2.93. The molecule has 1 heterocycles. The maximum Gasteiger partial charge on any atom is 0.149 e. The molecular weight excluding hydrogens is 140 g/mol. The maximum absolute atomic E-state index is 8.61. The third-order valence-corrected chi connectivity index (χ3v) is 1.24. The van der Waals surface area contributed by atoms with E-state index in [4.69, 9.17) is 5.26 Å². The van der Waals surface area contributed by atoms with Gasteiger partial charge in [-0.15, -0.1) is 0 Å². The minimum Gasteiger partial charge on any atom is -0.362 e. The Balaban J connectivity index is 3.15. The first kappa shape index (κ1) is 7.48. The lowest BCUT2D eigenvalue weighted by Gasteiger charge is -2.10. The Morgan fingerprint density at radius 2 is 2.27 bits per heavy atom. The lowest BCUT2D eigenvalue weighted by atomic mass is 10.3. The Morgan fingerprint density at radius 1 is 1.55 bits per heavy atom. The molecule has 4 heteroatoms. The van der Waals surface area contributed by atoms with Crippen LogP contribution in [0.5, 0.6) is 0 Å². The quantitative estimate of drug-likeness (QED) is 0.579. The molecule has 56 valence electrons. The van der Waals surface area contributed by atoms with E-state index in [-0.39, 0.29) is 0 Å². The summed E-state index contributed by atoms with van der Waals surface area (Å²) in [5.41, 5.74) is 0.498. The molecule has 0 bridgehead atoms. The van der Waals surface area contributed by atoms with E-state index in [1.807, 2.05) is 20.2 Å². The predicted octanol–water partition coefficient (Wildman–Crippen LogP) is 0.414. The van der Waals surface area contributed by atoms with Gasteiger partial charge in [0.15, 0.2) is 0 Å². The van der Waals surface area contributed by atoms with Gasteiger partial charge in [0, 0.05) is 14.1 Å². The van der Waals surface area contributed by atoms with Gasteiger partial charge < -0.3 is 4.90 Å². The zero-order valence-corrected chi connectivity index (χ0v) is 6.44. The molecule has 0 saturated carbocycles. The number of hydrogen-bond acceptors (Lipinski definition) is 4. The monoisotopic (exact) mass is 148 g/mol. The Morgan fingerprint density at radius 3 is 2.73 bits per heavy atom. The van der Waals surface area contributed by atoms with Crippen LogP contribution in [0.2, 0.25) is 0 Å². The van der Waals surface area contributed by atoms with Crippen LogP contribution in [0.4, 0.5) is 5.82 Å². The van der Waals surface area contributed by atoms with Gasteiger partial charge in [0.1, 0.15) is 23.8 Å². The van der Waals surface area contributed by atoms with E-state index in [0.717, 1.165) is 0 Å². The summed E-state index contributed by atoms with van der Waals surface area (Å²) in [6.45, 7) is 0. The van der Waals surface area contributed by atoms with Gasteiger partial charge >= 0.3 is 0 Å². The standard InChI is InChI=1S/C7H8N4/c1-11(2)7-6(3-8)4-9-5-10-7/h4-5H,1-2H3. The highest BCUT2D eigenvalue weighted by Gasteiger charge is 2.03. The molecule has 0 unspecified atom stereocenters. The van der Waals surface area contributed by atoms with Gasteiger partial charge in [-0.05, 0) is 0 Å². The van der Waals surface area contributed by atoms with E-state index >= 15 is 0 Å². The lowest BCUT2D eigenvalue weighted by Crippen LogP contribution is -2.12. The van der Waals surface area contributed by atoms with Crippen LogP contribution in [0.3, 0.4) is 0 Å². The van der Waals surface area contributed by atoms with Gasteiger partial charge in [-0.3, -0.25) is 0 Å². The Bertz CT molecular complexity index is 287. The molecule has 0 amide bonds. The maximum atomic E-state index is 8.61. The van der Waals surface area contributed by atoms with Crippen molar-refractivity contribution in [3.63, 3.8) is 0 Å². The molecule has 0 aliphatic rings. The van der Waals surface area contributed by atoms with E-state index in [1.165, 1.54) is 12.5 Å². The van der Waals surface area contributed by atoms with Crippen LogP contribution in [0.25, 0.3) is 0 Å². The number of aromatic nitrogens is 2. The van der Waals surface area contributed by atoms with Gasteiger partial charge in [-0.25, -0.2) is 9.97 Å².